The number of aliphatic hydroxyl groups is 1. The summed E-state index contributed by atoms with van der Waals surface area (Å²) in [5.74, 6) is -0.500. The van der Waals surface area contributed by atoms with Crippen molar-refractivity contribution in [2.24, 2.45) is 0 Å². The summed E-state index contributed by atoms with van der Waals surface area (Å²) in [6, 6.07) is 10.4. The zero-order valence-corrected chi connectivity index (χ0v) is 14.7. The highest BCUT2D eigenvalue weighted by Gasteiger charge is 2.19. The van der Waals surface area contributed by atoms with Crippen LogP contribution in [0.2, 0.25) is 10.0 Å². The Balaban J connectivity index is 2.09. The van der Waals surface area contributed by atoms with E-state index in [1.165, 1.54) is 0 Å². The number of rotatable bonds is 2. The van der Waals surface area contributed by atoms with Crippen molar-refractivity contribution >= 4 is 45.0 Å². The third-order valence-corrected chi connectivity index (χ3v) is 5.10. The largest absolute Gasteiger partial charge is 0.387 e. The number of nitrogens with zero attached hydrogens (tertiary/aromatic N) is 1. The van der Waals surface area contributed by atoms with Gasteiger partial charge in [0.2, 0.25) is 0 Å². The van der Waals surface area contributed by atoms with Crippen molar-refractivity contribution < 1.29 is 9.50 Å². The number of pyridine rings is 1. The summed E-state index contributed by atoms with van der Waals surface area (Å²) in [4.78, 5) is 7.49. The van der Waals surface area contributed by atoms with Crippen molar-refractivity contribution in [2.75, 3.05) is 0 Å². The molecule has 0 saturated carbocycles. The Labute approximate surface area is 153 Å². The van der Waals surface area contributed by atoms with Crippen molar-refractivity contribution in [1.82, 2.24) is 9.97 Å². The third-order valence-electron chi connectivity index (χ3n) is 4.28. The predicted octanol–water partition coefficient (Wildman–Crippen LogP) is 5.88. The van der Waals surface area contributed by atoms with Gasteiger partial charge in [0, 0.05) is 28.1 Å². The van der Waals surface area contributed by atoms with Crippen LogP contribution in [0.1, 0.15) is 18.7 Å². The molecule has 2 aromatic heterocycles. The second-order valence-electron chi connectivity index (χ2n) is 5.86. The number of halogens is 3. The van der Waals surface area contributed by atoms with E-state index in [-0.39, 0.29) is 5.52 Å². The number of H-pyrrole nitrogens is 1. The van der Waals surface area contributed by atoms with Gasteiger partial charge in [-0.25, -0.2) is 9.37 Å². The summed E-state index contributed by atoms with van der Waals surface area (Å²) in [6.45, 7) is 1.61. The minimum Gasteiger partial charge on any atom is -0.387 e. The van der Waals surface area contributed by atoms with Gasteiger partial charge in [-0.3, -0.25) is 0 Å². The molecule has 3 nitrogen and oxygen atoms in total. The first kappa shape index (κ1) is 16.3. The van der Waals surface area contributed by atoms with Crippen molar-refractivity contribution in [3.8, 4) is 11.1 Å². The van der Waals surface area contributed by atoms with Crippen LogP contribution in [0, 0.1) is 5.82 Å². The minimum atomic E-state index is -0.819. The van der Waals surface area contributed by atoms with Crippen LogP contribution < -0.4 is 0 Å². The molecule has 25 heavy (non-hydrogen) atoms. The number of aromatic amines is 1. The highest BCUT2D eigenvalue weighted by molar-refractivity contribution is 6.43. The van der Waals surface area contributed by atoms with Gasteiger partial charge in [-0.05, 0) is 25.1 Å². The van der Waals surface area contributed by atoms with Gasteiger partial charge in [-0.15, -0.1) is 0 Å². The molecule has 0 saturated heterocycles. The lowest BCUT2D eigenvalue weighted by atomic mass is 10.0. The molecule has 2 N–H and O–H groups in total. The van der Waals surface area contributed by atoms with Crippen LogP contribution in [0.25, 0.3) is 32.9 Å². The molecule has 0 amide bonds. The van der Waals surface area contributed by atoms with Crippen LogP contribution in [0.15, 0.2) is 42.6 Å². The Bertz CT molecular complexity index is 1120. The number of benzene rings is 2. The van der Waals surface area contributed by atoms with Crippen LogP contribution in [-0.4, -0.2) is 15.1 Å². The first-order chi connectivity index (χ1) is 12.0. The van der Waals surface area contributed by atoms with Gasteiger partial charge in [-0.2, -0.15) is 0 Å². The van der Waals surface area contributed by atoms with Crippen molar-refractivity contribution in [3.63, 3.8) is 0 Å². The molecular weight excluding hydrogens is 362 g/mol. The number of hydrogen-bond donors (Lipinski definition) is 2. The number of aliphatic hydroxyl groups excluding tert-OH is 1. The standard InChI is InChI=1S/C19H13Cl2FN2O/c1-9(25)17-13-7-8-23-18(13)12-6-5-11(16(22)19(12)24-17)10-3-2-4-14(20)15(10)21/h2-9,23,25H,1H3. The van der Waals surface area contributed by atoms with E-state index in [0.29, 0.717) is 32.3 Å². The van der Waals surface area contributed by atoms with Crippen LogP contribution in [0.3, 0.4) is 0 Å². The Hall–Kier alpha value is -2.14. The maximum atomic E-state index is 15.3. The van der Waals surface area contributed by atoms with E-state index in [0.717, 1.165) is 10.9 Å². The van der Waals surface area contributed by atoms with Crippen LogP contribution in [0.4, 0.5) is 4.39 Å². The maximum Gasteiger partial charge on any atom is 0.157 e. The fraction of sp³-hybridized carbons (Fsp3) is 0.105. The fourth-order valence-electron chi connectivity index (χ4n) is 3.10. The van der Waals surface area contributed by atoms with Gasteiger partial charge in [0.05, 0.1) is 27.4 Å². The molecule has 0 aliphatic rings. The smallest absolute Gasteiger partial charge is 0.157 e. The zero-order chi connectivity index (χ0) is 17.7. The number of aromatic nitrogens is 2. The predicted molar refractivity (Wildman–Crippen MR) is 99.6 cm³/mol. The monoisotopic (exact) mass is 374 g/mol. The van der Waals surface area contributed by atoms with Crippen molar-refractivity contribution in [1.29, 1.82) is 0 Å². The van der Waals surface area contributed by atoms with E-state index >= 15 is 4.39 Å². The highest BCUT2D eigenvalue weighted by Crippen LogP contribution is 2.38. The summed E-state index contributed by atoms with van der Waals surface area (Å²) >= 11 is 12.3. The maximum absolute atomic E-state index is 15.3. The summed E-state index contributed by atoms with van der Waals surface area (Å²) in [5, 5.41) is 12.1. The molecule has 4 aromatic rings. The number of fused-ring (bicyclic) bond motifs is 3. The van der Waals surface area contributed by atoms with Gasteiger partial charge in [0.25, 0.3) is 0 Å². The van der Waals surface area contributed by atoms with Gasteiger partial charge in [0.1, 0.15) is 5.52 Å². The fourth-order valence-corrected chi connectivity index (χ4v) is 3.50. The molecule has 1 atom stereocenters. The summed E-state index contributed by atoms with van der Waals surface area (Å²) in [6.07, 6.45) is 0.928. The summed E-state index contributed by atoms with van der Waals surface area (Å²) < 4.78 is 15.3. The van der Waals surface area contributed by atoms with Crippen molar-refractivity contribution in [3.05, 3.63) is 64.2 Å². The molecule has 2 heterocycles. The van der Waals surface area contributed by atoms with Gasteiger partial charge in [-0.1, -0.05) is 41.4 Å². The molecule has 4 rings (SSSR count). The van der Waals surface area contributed by atoms with Crippen molar-refractivity contribution in [2.45, 2.75) is 13.0 Å². The number of hydrogen-bond acceptors (Lipinski definition) is 2. The molecule has 0 aliphatic heterocycles. The zero-order valence-electron chi connectivity index (χ0n) is 13.1. The average molecular weight is 375 g/mol. The summed E-state index contributed by atoms with van der Waals surface area (Å²) in [5.41, 5.74) is 2.16. The third kappa shape index (κ3) is 2.49. The second-order valence-corrected chi connectivity index (χ2v) is 6.65. The summed E-state index contributed by atoms with van der Waals surface area (Å²) in [7, 11) is 0. The number of nitrogens with one attached hydrogen (secondary N) is 1. The molecule has 0 aliphatic carbocycles. The minimum absolute atomic E-state index is 0.180. The lowest BCUT2D eigenvalue weighted by molar-refractivity contribution is 0.196. The normalized spacial score (nSPS) is 12.8. The quantitative estimate of drug-likeness (QED) is 0.460. The lowest BCUT2D eigenvalue weighted by Gasteiger charge is -2.12. The lowest BCUT2D eigenvalue weighted by Crippen LogP contribution is -2.00. The van der Waals surface area contributed by atoms with E-state index in [2.05, 4.69) is 9.97 Å². The Morgan fingerprint density at radius 3 is 2.64 bits per heavy atom. The molecule has 6 heteroatoms. The Morgan fingerprint density at radius 1 is 1.08 bits per heavy atom. The van der Waals surface area contributed by atoms with E-state index in [9.17, 15) is 5.11 Å². The first-order valence-electron chi connectivity index (χ1n) is 7.70. The van der Waals surface area contributed by atoms with E-state index in [1.807, 2.05) is 6.07 Å². The van der Waals surface area contributed by atoms with Crippen LogP contribution in [0.5, 0.6) is 0 Å². The van der Waals surface area contributed by atoms with Gasteiger partial charge in [0.15, 0.2) is 5.82 Å². The first-order valence-corrected chi connectivity index (χ1v) is 8.46. The average Bonchev–Trinajstić information content (AvgIpc) is 3.07. The molecule has 1 unspecified atom stereocenters. The molecule has 126 valence electrons. The molecule has 2 aromatic carbocycles. The van der Waals surface area contributed by atoms with E-state index in [4.69, 9.17) is 23.2 Å². The molecular formula is C19H13Cl2FN2O. The molecule has 0 radical (unpaired) electrons. The SMILES string of the molecule is CC(O)c1nc2c(F)c(-c3cccc(Cl)c3Cl)ccc2c2[nH]ccc12. The van der Waals surface area contributed by atoms with Gasteiger partial charge >= 0.3 is 0 Å². The molecule has 0 bridgehead atoms. The van der Waals surface area contributed by atoms with E-state index in [1.54, 1.807) is 43.5 Å². The molecule has 0 spiro atoms. The molecule has 0 fully saturated rings. The highest BCUT2D eigenvalue weighted by atomic mass is 35.5. The van der Waals surface area contributed by atoms with Crippen LogP contribution in [-0.2, 0) is 0 Å². The second kappa shape index (κ2) is 5.99. The van der Waals surface area contributed by atoms with Crippen LogP contribution >= 0.6 is 23.2 Å². The van der Waals surface area contributed by atoms with Gasteiger partial charge < -0.3 is 10.1 Å². The van der Waals surface area contributed by atoms with E-state index < -0.39 is 11.9 Å². The Morgan fingerprint density at radius 2 is 1.88 bits per heavy atom. The Kier molecular flexibility index (Phi) is 3.91. The topological polar surface area (TPSA) is 48.9 Å².